The SMILES string of the molecule is O=C([Se])c1ccc(Cl)c(Cl)c1. The summed E-state index contributed by atoms with van der Waals surface area (Å²) in [5.74, 6) is 0. The van der Waals surface area contributed by atoms with Gasteiger partial charge >= 0.3 is 82.5 Å². The predicted octanol–water partition coefficient (Wildman–Crippen LogP) is 2.30. The Morgan fingerprint density at radius 2 is 1.91 bits per heavy atom. The average Bonchev–Trinajstić information content (AvgIpc) is 1.94. The van der Waals surface area contributed by atoms with Gasteiger partial charge in [-0.2, -0.15) is 0 Å². The first-order chi connectivity index (χ1) is 5.11. The van der Waals surface area contributed by atoms with Gasteiger partial charge in [-0.15, -0.1) is 0 Å². The van der Waals surface area contributed by atoms with Crippen LogP contribution in [0.15, 0.2) is 18.2 Å². The molecule has 0 saturated heterocycles. The van der Waals surface area contributed by atoms with Crippen LogP contribution in [0, 0.1) is 0 Å². The number of rotatable bonds is 1. The first-order valence-electron chi connectivity index (χ1n) is 2.77. The van der Waals surface area contributed by atoms with Crippen molar-refractivity contribution >= 4 is 43.9 Å². The third-order valence-electron chi connectivity index (χ3n) is 1.16. The number of benzene rings is 1. The van der Waals surface area contributed by atoms with E-state index in [1.807, 2.05) is 0 Å². The first kappa shape index (κ1) is 9.08. The van der Waals surface area contributed by atoms with E-state index in [1.54, 1.807) is 12.1 Å². The topological polar surface area (TPSA) is 17.1 Å². The molecular formula is C7H3Cl2OSe. The van der Waals surface area contributed by atoms with E-state index in [-0.39, 0.29) is 4.68 Å². The van der Waals surface area contributed by atoms with E-state index < -0.39 is 0 Å². The van der Waals surface area contributed by atoms with Crippen LogP contribution in [0.2, 0.25) is 10.0 Å². The van der Waals surface area contributed by atoms with Gasteiger partial charge in [0, 0.05) is 0 Å². The molecule has 1 radical (unpaired) electrons. The molecule has 0 atom stereocenters. The monoisotopic (exact) mass is 253 g/mol. The van der Waals surface area contributed by atoms with E-state index in [2.05, 4.69) is 16.0 Å². The van der Waals surface area contributed by atoms with Crippen molar-refractivity contribution in [1.82, 2.24) is 0 Å². The minimum absolute atomic E-state index is 0.136. The molecular weight excluding hydrogens is 250 g/mol. The van der Waals surface area contributed by atoms with Crippen LogP contribution in [0.3, 0.4) is 0 Å². The molecule has 1 rings (SSSR count). The second-order valence-electron chi connectivity index (χ2n) is 1.92. The van der Waals surface area contributed by atoms with Crippen LogP contribution in [0.1, 0.15) is 10.4 Å². The van der Waals surface area contributed by atoms with Crippen molar-refractivity contribution in [1.29, 1.82) is 0 Å². The van der Waals surface area contributed by atoms with Crippen molar-refractivity contribution in [2.75, 3.05) is 0 Å². The molecule has 0 N–H and O–H groups in total. The van der Waals surface area contributed by atoms with Crippen molar-refractivity contribution in [2.24, 2.45) is 0 Å². The summed E-state index contributed by atoms with van der Waals surface area (Å²) in [6.45, 7) is 0. The van der Waals surface area contributed by atoms with Gasteiger partial charge in [-0.05, 0) is 0 Å². The summed E-state index contributed by atoms with van der Waals surface area (Å²) in [5, 5.41) is 0.851. The average molecular weight is 253 g/mol. The molecule has 0 spiro atoms. The summed E-state index contributed by atoms with van der Waals surface area (Å²) in [4.78, 5) is 10.8. The number of carbonyl (C=O) groups excluding carboxylic acids is 1. The van der Waals surface area contributed by atoms with Gasteiger partial charge in [0.2, 0.25) is 0 Å². The van der Waals surface area contributed by atoms with Crippen LogP contribution in [-0.2, 0) is 0 Å². The summed E-state index contributed by atoms with van der Waals surface area (Å²) in [5.41, 5.74) is 0.527. The molecule has 1 aromatic rings. The van der Waals surface area contributed by atoms with Gasteiger partial charge in [0.05, 0.1) is 0 Å². The zero-order chi connectivity index (χ0) is 8.43. The molecule has 0 saturated carbocycles. The molecule has 1 nitrogen and oxygen atoms in total. The van der Waals surface area contributed by atoms with Crippen molar-refractivity contribution in [2.45, 2.75) is 0 Å². The van der Waals surface area contributed by atoms with Gasteiger partial charge < -0.3 is 0 Å². The fourth-order valence-electron chi connectivity index (χ4n) is 0.623. The summed E-state index contributed by atoms with van der Waals surface area (Å²) in [7, 11) is 0. The van der Waals surface area contributed by atoms with Crippen LogP contribution < -0.4 is 0 Å². The molecule has 0 fully saturated rings. The number of halogens is 2. The van der Waals surface area contributed by atoms with Crippen molar-refractivity contribution in [3.63, 3.8) is 0 Å². The molecule has 1 aromatic carbocycles. The summed E-state index contributed by atoms with van der Waals surface area (Å²) >= 11 is 13.7. The predicted molar refractivity (Wildman–Crippen MR) is 46.5 cm³/mol. The van der Waals surface area contributed by atoms with Crippen LogP contribution >= 0.6 is 23.2 Å². The number of hydrogen-bond donors (Lipinski definition) is 0. The Labute approximate surface area is 82.5 Å². The Kier molecular flexibility index (Phi) is 2.97. The zero-order valence-electron chi connectivity index (χ0n) is 5.30. The standard InChI is InChI=1S/C7H3Cl2OSe/c8-5-2-1-4(7(10)11)3-6(5)9/h1-3H. The maximum absolute atomic E-state index is 10.8. The Hall–Kier alpha value is -0.0105. The van der Waals surface area contributed by atoms with E-state index in [0.29, 0.717) is 15.6 Å². The van der Waals surface area contributed by atoms with Crippen molar-refractivity contribution in [3.8, 4) is 0 Å². The van der Waals surface area contributed by atoms with Gasteiger partial charge in [-0.3, -0.25) is 0 Å². The zero-order valence-corrected chi connectivity index (χ0v) is 8.53. The van der Waals surface area contributed by atoms with E-state index in [0.717, 1.165) is 0 Å². The van der Waals surface area contributed by atoms with Gasteiger partial charge in [0.15, 0.2) is 0 Å². The Morgan fingerprint density at radius 1 is 1.27 bits per heavy atom. The van der Waals surface area contributed by atoms with E-state index in [1.165, 1.54) is 6.07 Å². The van der Waals surface area contributed by atoms with Crippen molar-refractivity contribution in [3.05, 3.63) is 33.8 Å². The normalized spacial score (nSPS) is 9.64. The van der Waals surface area contributed by atoms with E-state index in [4.69, 9.17) is 23.2 Å². The van der Waals surface area contributed by atoms with Gasteiger partial charge in [-0.25, -0.2) is 0 Å². The number of hydrogen-bond acceptors (Lipinski definition) is 1. The Balaban J connectivity index is 3.15. The molecule has 0 unspecified atom stereocenters. The molecule has 0 bridgehead atoms. The second-order valence-corrected chi connectivity index (χ2v) is 3.51. The Bertz CT molecular complexity index is 298. The quantitative estimate of drug-likeness (QED) is 0.702. The molecule has 0 aliphatic heterocycles. The first-order valence-corrected chi connectivity index (χ1v) is 4.39. The molecule has 4 heteroatoms. The third kappa shape index (κ3) is 2.21. The Morgan fingerprint density at radius 3 is 2.36 bits per heavy atom. The maximum atomic E-state index is 10.8. The van der Waals surface area contributed by atoms with Gasteiger partial charge in [0.25, 0.3) is 0 Å². The second kappa shape index (κ2) is 3.59. The molecule has 57 valence electrons. The van der Waals surface area contributed by atoms with Crippen LogP contribution in [-0.4, -0.2) is 20.7 Å². The summed E-state index contributed by atoms with van der Waals surface area (Å²) in [6.07, 6.45) is 0. The summed E-state index contributed by atoms with van der Waals surface area (Å²) in [6, 6.07) is 4.74. The molecule has 0 aromatic heterocycles. The van der Waals surface area contributed by atoms with Crippen LogP contribution in [0.25, 0.3) is 0 Å². The molecule has 0 aliphatic rings. The number of carbonyl (C=O) groups is 1. The fraction of sp³-hybridized carbons (Fsp3) is 0. The van der Waals surface area contributed by atoms with Gasteiger partial charge in [0.1, 0.15) is 0 Å². The third-order valence-corrected chi connectivity index (χ3v) is 2.39. The van der Waals surface area contributed by atoms with Crippen LogP contribution in [0.4, 0.5) is 0 Å². The van der Waals surface area contributed by atoms with Crippen LogP contribution in [0.5, 0.6) is 0 Å². The summed E-state index contributed by atoms with van der Waals surface area (Å²) < 4.78 is -0.136. The van der Waals surface area contributed by atoms with E-state index in [9.17, 15) is 4.79 Å². The minimum atomic E-state index is -0.136. The van der Waals surface area contributed by atoms with E-state index >= 15 is 0 Å². The molecule has 0 aliphatic carbocycles. The molecule has 11 heavy (non-hydrogen) atoms. The fourth-order valence-corrected chi connectivity index (χ4v) is 1.19. The molecule has 0 amide bonds. The van der Waals surface area contributed by atoms with Crippen molar-refractivity contribution < 1.29 is 4.79 Å². The molecule has 0 heterocycles. The van der Waals surface area contributed by atoms with Gasteiger partial charge in [-0.1, -0.05) is 0 Å².